The number of methoxy groups -OCH3 is 2. The molecule has 27 heavy (non-hydrogen) atoms. The summed E-state index contributed by atoms with van der Waals surface area (Å²) in [6, 6.07) is 15.0. The van der Waals surface area contributed by atoms with Crippen molar-refractivity contribution >= 4 is 5.97 Å². The number of ether oxygens (including phenoxy) is 2. The predicted molar refractivity (Wildman–Crippen MR) is 101 cm³/mol. The lowest BCUT2D eigenvalue weighted by Gasteiger charge is -2.47. The summed E-state index contributed by atoms with van der Waals surface area (Å²) in [6.07, 6.45) is 0.158. The molecule has 3 rings (SSSR count). The van der Waals surface area contributed by atoms with Crippen molar-refractivity contribution in [1.29, 1.82) is 0 Å². The molecular weight excluding hydrogens is 346 g/mol. The quantitative estimate of drug-likeness (QED) is 0.777. The zero-order valence-corrected chi connectivity index (χ0v) is 15.6. The van der Waals surface area contributed by atoms with Crippen molar-refractivity contribution in [2.45, 2.75) is 24.5 Å². The average Bonchev–Trinajstić information content (AvgIpc) is 2.71. The van der Waals surface area contributed by atoms with Gasteiger partial charge in [0.25, 0.3) is 0 Å². The van der Waals surface area contributed by atoms with Crippen molar-refractivity contribution < 1.29 is 24.5 Å². The van der Waals surface area contributed by atoms with E-state index in [0.717, 1.165) is 16.7 Å². The molecule has 0 unspecified atom stereocenters. The Bertz CT molecular complexity index is 794. The summed E-state index contributed by atoms with van der Waals surface area (Å²) in [5.41, 5.74) is 1.32. The fourth-order valence-corrected chi connectivity index (χ4v) is 3.90. The third-order valence-electron chi connectivity index (χ3n) is 5.35. The first kappa shape index (κ1) is 19.4. The first-order valence-corrected chi connectivity index (χ1v) is 8.87. The Morgan fingerprint density at radius 3 is 2.52 bits per heavy atom. The fraction of sp³-hybridized carbons (Fsp3) is 0.381. The van der Waals surface area contributed by atoms with Crippen LogP contribution in [-0.4, -0.2) is 54.1 Å². The highest BCUT2D eigenvalue weighted by molar-refractivity contribution is 5.80. The fourth-order valence-electron chi connectivity index (χ4n) is 3.90. The Kier molecular flexibility index (Phi) is 5.79. The van der Waals surface area contributed by atoms with Crippen molar-refractivity contribution in [3.8, 4) is 5.75 Å². The summed E-state index contributed by atoms with van der Waals surface area (Å²) in [7, 11) is 3.17. The number of rotatable bonds is 7. The molecule has 0 bridgehead atoms. The Labute approximate surface area is 159 Å². The van der Waals surface area contributed by atoms with Crippen LogP contribution in [0.25, 0.3) is 0 Å². The second-order valence-corrected chi connectivity index (χ2v) is 6.78. The molecule has 1 heterocycles. The summed E-state index contributed by atoms with van der Waals surface area (Å²) in [6.45, 7) is 0.188. The van der Waals surface area contributed by atoms with E-state index in [1.807, 2.05) is 53.4 Å². The Balaban J connectivity index is 2.14. The van der Waals surface area contributed by atoms with Crippen molar-refractivity contribution in [2.75, 3.05) is 27.4 Å². The Morgan fingerprint density at radius 2 is 1.93 bits per heavy atom. The molecule has 0 aromatic heterocycles. The van der Waals surface area contributed by atoms with Gasteiger partial charge in [0.15, 0.2) is 0 Å². The lowest BCUT2D eigenvalue weighted by Crippen LogP contribution is -2.62. The molecule has 0 fully saturated rings. The maximum absolute atomic E-state index is 12.4. The van der Waals surface area contributed by atoms with Gasteiger partial charge in [-0.2, -0.15) is 0 Å². The van der Waals surface area contributed by atoms with Crippen LogP contribution >= 0.6 is 0 Å². The molecule has 6 nitrogen and oxygen atoms in total. The van der Waals surface area contributed by atoms with Crippen molar-refractivity contribution in [1.82, 2.24) is 4.90 Å². The van der Waals surface area contributed by atoms with Gasteiger partial charge in [-0.15, -0.1) is 0 Å². The van der Waals surface area contributed by atoms with Gasteiger partial charge in [0.05, 0.1) is 26.4 Å². The number of fused-ring (bicyclic) bond motifs is 1. The molecule has 1 aliphatic heterocycles. The van der Waals surface area contributed by atoms with Gasteiger partial charge in [0, 0.05) is 25.6 Å². The molecule has 0 radical (unpaired) electrons. The highest BCUT2D eigenvalue weighted by Gasteiger charge is 2.50. The van der Waals surface area contributed by atoms with Gasteiger partial charge in [0.1, 0.15) is 11.3 Å². The van der Waals surface area contributed by atoms with E-state index >= 15 is 0 Å². The third-order valence-corrected chi connectivity index (χ3v) is 5.35. The van der Waals surface area contributed by atoms with Crippen molar-refractivity contribution in [3.05, 3.63) is 65.2 Å². The van der Waals surface area contributed by atoms with E-state index in [-0.39, 0.29) is 12.5 Å². The van der Waals surface area contributed by atoms with Crippen LogP contribution in [0.3, 0.4) is 0 Å². The number of carboxylic acid groups (broad SMARTS) is 1. The van der Waals surface area contributed by atoms with E-state index in [0.29, 0.717) is 18.9 Å². The Hall–Kier alpha value is -2.41. The highest BCUT2D eigenvalue weighted by Crippen LogP contribution is 2.41. The lowest BCUT2D eigenvalue weighted by molar-refractivity contribution is -0.160. The molecule has 0 amide bonds. The number of nitrogens with zero attached hydrogens (tertiary/aromatic N) is 1. The van der Waals surface area contributed by atoms with Gasteiger partial charge < -0.3 is 19.7 Å². The number of carboxylic acids is 1. The largest absolute Gasteiger partial charge is 0.496 e. The Morgan fingerprint density at radius 1 is 1.19 bits per heavy atom. The molecule has 0 spiro atoms. The minimum absolute atomic E-state index is 0.158. The standard InChI is InChI=1S/C21H25NO5/c1-26-13-18(15-7-4-3-5-8-15)22-12-16-9-6-10-19(27-2)17(16)11-21(22,14-23)20(24)25/h3-10,18,23H,11-14H2,1-2H3,(H,24,25)/t18-,21+/m0/s1. The van der Waals surface area contributed by atoms with Crippen LogP contribution in [0.4, 0.5) is 0 Å². The topological polar surface area (TPSA) is 79.2 Å². The smallest absolute Gasteiger partial charge is 0.326 e. The average molecular weight is 371 g/mol. The second kappa shape index (κ2) is 8.08. The van der Waals surface area contributed by atoms with Crippen LogP contribution in [0, 0.1) is 0 Å². The van der Waals surface area contributed by atoms with Gasteiger partial charge in [-0.1, -0.05) is 42.5 Å². The van der Waals surface area contributed by atoms with Gasteiger partial charge in [-0.05, 0) is 17.2 Å². The van der Waals surface area contributed by atoms with Crippen molar-refractivity contribution in [3.63, 3.8) is 0 Å². The van der Waals surface area contributed by atoms with E-state index in [2.05, 4.69) is 0 Å². The van der Waals surface area contributed by atoms with E-state index in [9.17, 15) is 15.0 Å². The predicted octanol–water partition coefficient (Wildman–Crippen LogP) is 2.26. The second-order valence-electron chi connectivity index (χ2n) is 6.78. The summed E-state index contributed by atoms with van der Waals surface area (Å²) in [4.78, 5) is 14.2. The number of aliphatic hydroxyl groups excluding tert-OH is 1. The summed E-state index contributed by atoms with van der Waals surface area (Å²) in [5.74, 6) is -0.409. The molecule has 2 aromatic rings. The van der Waals surface area contributed by atoms with Crippen LogP contribution in [0.5, 0.6) is 5.75 Å². The van der Waals surface area contributed by atoms with E-state index in [1.54, 1.807) is 14.2 Å². The highest BCUT2D eigenvalue weighted by atomic mass is 16.5. The van der Waals surface area contributed by atoms with Gasteiger partial charge in [-0.3, -0.25) is 9.69 Å². The number of hydrogen-bond donors (Lipinski definition) is 2. The first-order chi connectivity index (χ1) is 13.1. The molecule has 144 valence electrons. The molecule has 0 saturated heterocycles. The van der Waals surface area contributed by atoms with Crippen LogP contribution in [0.15, 0.2) is 48.5 Å². The van der Waals surface area contributed by atoms with E-state index < -0.39 is 18.1 Å². The van der Waals surface area contributed by atoms with Crippen LogP contribution < -0.4 is 4.74 Å². The summed E-state index contributed by atoms with van der Waals surface area (Å²) >= 11 is 0. The summed E-state index contributed by atoms with van der Waals surface area (Å²) in [5, 5.41) is 20.4. The van der Waals surface area contributed by atoms with Gasteiger partial charge in [0.2, 0.25) is 0 Å². The monoisotopic (exact) mass is 371 g/mol. The minimum atomic E-state index is -1.46. The summed E-state index contributed by atoms with van der Waals surface area (Å²) < 4.78 is 10.9. The molecule has 1 aliphatic rings. The SMILES string of the molecule is COC[C@@H](c1ccccc1)N1Cc2cccc(OC)c2C[C@@]1(CO)C(=O)O. The number of carbonyl (C=O) groups is 1. The number of aliphatic hydroxyl groups is 1. The molecule has 0 saturated carbocycles. The van der Waals surface area contributed by atoms with Crippen LogP contribution in [-0.2, 0) is 22.5 Å². The molecule has 2 aromatic carbocycles. The number of hydrogen-bond acceptors (Lipinski definition) is 5. The normalized spacial score (nSPS) is 20.7. The van der Waals surface area contributed by atoms with Gasteiger partial charge >= 0.3 is 5.97 Å². The first-order valence-electron chi connectivity index (χ1n) is 8.87. The molecule has 2 atom stereocenters. The molecule has 6 heteroatoms. The van der Waals surface area contributed by atoms with E-state index in [4.69, 9.17) is 9.47 Å². The maximum Gasteiger partial charge on any atom is 0.326 e. The zero-order chi connectivity index (χ0) is 19.4. The maximum atomic E-state index is 12.4. The number of benzene rings is 2. The molecular formula is C21H25NO5. The molecule has 0 aliphatic carbocycles. The zero-order valence-electron chi connectivity index (χ0n) is 15.6. The van der Waals surface area contributed by atoms with Crippen molar-refractivity contribution in [2.24, 2.45) is 0 Å². The van der Waals surface area contributed by atoms with E-state index in [1.165, 1.54) is 0 Å². The van der Waals surface area contributed by atoms with Crippen LogP contribution in [0.2, 0.25) is 0 Å². The molecule has 2 N–H and O–H groups in total. The lowest BCUT2D eigenvalue weighted by atomic mass is 9.80. The minimum Gasteiger partial charge on any atom is -0.496 e. The van der Waals surface area contributed by atoms with Gasteiger partial charge in [-0.25, -0.2) is 0 Å². The number of aliphatic carboxylic acids is 1. The third kappa shape index (κ3) is 3.43. The van der Waals surface area contributed by atoms with Crippen LogP contribution in [0.1, 0.15) is 22.7 Å².